The van der Waals surface area contributed by atoms with Gasteiger partial charge in [-0.25, -0.2) is 0 Å². The van der Waals surface area contributed by atoms with E-state index in [1.54, 1.807) is 0 Å². The van der Waals surface area contributed by atoms with E-state index in [2.05, 4.69) is 30.6 Å². The number of carbonyl (C=O) groups excluding carboxylic acids is 1. The van der Waals surface area contributed by atoms with E-state index in [1.165, 1.54) is 12.8 Å². The molecule has 26 heavy (non-hydrogen) atoms. The molecule has 0 aromatic heterocycles. The van der Waals surface area contributed by atoms with Gasteiger partial charge < -0.3 is 10.0 Å². The van der Waals surface area contributed by atoms with E-state index < -0.39 is 5.60 Å². The second kappa shape index (κ2) is 5.99. The summed E-state index contributed by atoms with van der Waals surface area (Å²) >= 11 is 0. The largest absolute Gasteiger partial charge is 0.388 e. The minimum absolute atomic E-state index is 0.0115. The first-order chi connectivity index (χ1) is 12.3. The van der Waals surface area contributed by atoms with E-state index >= 15 is 0 Å². The molecule has 1 saturated heterocycles. The predicted molar refractivity (Wildman–Crippen MR) is 103 cm³/mol. The minimum atomic E-state index is -0.608. The molecular weight excluding hydrogens is 322 g/mol. The molecule has 3 saturated carbocycles. The Hall–Kier alpha value is -1.01. The molecule has 3 aliphatic carbocycles. The Morgan fingerprint density at radius 1 is 1.12 bits per heavy atom. The van der Waals surface area contributed by atoms with Crippen molar-refractivity contribution >= 4 is 5.91 Å². The third-order valence-electron chi connectivity index (χ3n) is 9.44. The van der Waals surface area contributed by atoms with Gasteiger partial charge in [-0.1, -0.05) is 13.8 Å². The Morgan fingerprint density at radius 2 is 1.85 bits per heavy atom. The smallest absolute Gasteiger partial charge is 0.222 e. The van der Waals surface area contributed by atoms with Gasteiger partial charge in [0.2, 0.25) is 5.91 Å². The van der Waals surface area contributed by atoms with Gasteiger partial charge in [0.25, 0.3) is 0 Å². The molecule has 0 spiro atoms. The summed E-state index contributed by atoms with van der Waals surface area (Å²) in [5.41, 5.74) is -0.336. The predicted octanol–water partition coefficient (Wildman–Crippen LogP) is 3.99. The number of piperidine rings is 1. The molecule has 3 nitrogen and oxygen atoms in total. The summed E-state index contributed by atoms with van der Waals surface area (Å²) < 4.78 is 0. The van der Waals surface area contributed by atoms with Crippen LogP contribution in [-0.2, 0) is 4.79 Å². The lowest BCUT2D eigenvalue weighted by Crippen LogP contribution is -2.62. The molecule has 0 aromatic carbocycles. The molecule has 1 amide bonds. The van der Waals surface area contributed by atoms with E-state index in [0.29, 0.717) is 42.5 Å². The molecule has 0 aromatic rings. The molecule has 7 atom stereocenters. The second-order valence-corrected chi connectivity index (χ2v) is 10.1. The van der Waals surface area contributed by atoms with Gasteiger partial charge in [0, 0.05) is 31.3 Å². The summed E-state index contributed by atoms with van der Waals surface area (Å²) in [6, 6.07) is 0.417. The first-order valence-corrected chi connectivity index (χ1v) is 10.6. The molecule has 0 radical (unpaired) electrons. The number of rotatable bonds is 1. The van der Waals surface area contributed by atoms with Crippen molar-refractivity contribution in [1.29, 1.82) is 0 Å². The lowest BCUT2D eigenvalue weighted by atomic mass is 9.46. The van der Waals surface area contributed by atoms with Crippen LogP contribution < -0.4 is 0 Å². The summed E-state index contributed by atoms with van der Waals surface area (Å²) in [5, 5.41) is 11.5. The molecule has 4 fully saturated rings. The summed E-state index contributed by atoms with van der Waals surface area (Å²) in [7, 11) is 2.02. The summed E-state index contributed by atoms with van der Waals surface area (Å²) in [6.07, 6.45) is 9.12. The lowest BCUT2D eigenvalue weighted by molar-refractivity contribution is -0.168. The van der Waals surface area contributed by atoms with Crippen LogP contribution in [0.4, 0.5) is 0 Å². The summed E-state index contributed by atoms with van der Waals surface area (Å²) in [6.45, 7) is 6.69. The molecule has 4 rings (SSSR count). The molecule has 2 unspecified atom stereocenters. The van der Waals surface area contributed by atoms with E-state index in [0.717, 1.165) is 32.1 Å². The number of nitrogens with zero attached hydrogens (tertiary/aromatic N) is 1. The normalized spacial score (nSPS) is 50.3. The van der Waals surface area contributed by atoms with Crippen LogP contribution in [0.25, 0.3) is 0 Å². The third-order valence-corrected chi connectivity index (χ3v) is 9.44. The van der Waals surface area contributed by atoms with E-state index in [9.17, 15) is 9.90 Å². The first kappa shape index (κ1) is 18.4. The maximum Gasteiger partial charge on any atom is 0.222 e. The summed E-state index contributed by atoms with van der Waals surface area (Å²) in [5.74, 6) is 8.54. The molecule has 1 N–H and O–H groups in total. The first-order valence-electron chi connectivity index (χ1n) is 10.6. The van der Waals surface area contributed by atoms with Gasteiger partial charge >= 0.3 is 0 Å². The van der Waals surface area contributed by atoms with E-state index in [1.807, 2.05) is 14.0 Å². The fourth-order valence-corrected chi connectivity index (χ4v) is 7.79. The van der Waals surface area contributed by atoms with Crippen molar-refractivity contribution in [2.24, 2.45) is 28.6 Å². The standard InChI is InChI=1S/C23H35NO2/c1-5-6-12-23(26)15-10-18-16-7-8-19-21(2,13-11-20(25)24(19)4)17(16)9-14-22(18,23)3/h16-19,26H,7-15H2,1-4H3/t16-,17-,18+,19?,21-,22+,23?/m1/s1. The van der Waals surface area contributed by atoms with Crippen molar-refractivity contribution in [3.05, 3.63) is 0 Å². The quantitative estimate of drug-likeness (QED) is 0.721. The number of hydrogen-bond donors (Lipinski definition) is 1. The second-order valence-electron chi connectivity index (χ2n) is 10.1. The van der Waals surface area contributed by atoms with Crippen LogP contribution in [0.2, 0.25) is 0 Å². The Labute approximate surface area is 158 Å². The van der Waals surface area contributed by atoms with Gasteiger partial charge in [-0.05, 0) is 75.0 Å². The highest BCUT2D eigenvalue weighted by atomic mass is 16.3. The van der Waals surface area contributed by atoms with Crippen molar-refractivity contribution in [3.63, 3.8) is 0 Å². The van der Waals surface area contributed by atoms with Crippen LogP contribution in [-0.4, -0.2) is 34.6 Å². The molecule has 0 bridgehead atoms. The van der Waals surface area contributed by atoms with Crippen molar-refractivity contribution in [3.8, 4) is 11.8 Å². The van der Waals surface area contributed by atoms with E-state index in [-0.39, 0.29) is 10.8 Å². The zero-order valence-electron chi connectivity index (χ0n) is 17.0. The van der Waals surface area contributed by atoms with Gasteiger partial charge in [-0.15, -0.1) is 11.8 Å². The van der Waals surface area contributed by atoms with Crippen LogP contribution in [0.15, 0.2) is 0 Å². The van der Waals surface area contributed by atoms with Crippen molar-refractivity contribution in [2.45, 2.75) is 90.2 Å². The fraction of sp³-hybridized carbons (Fsp3) is 0.870. The summed E-state index contributed by atoms with van der Waals surface area (Å²) in [4.78, 5) is 14.3. The van der Waals surface area contributed by atoms with E-state index in [4.69, 9.17) is 0 Å². The maximum atomic E-state index is 12.3. The van der Waals surface area contributed by atoms with Gasteiger partial charge in [0.15, 0.2) is 0 Å². The number of fused-ring (bicyclic) bond motifs is 5. The zero-order chi connectivity index (χ0) is 18.7. The van der Waals surface area contributed by atoms with Crippen molar-refractivity contribution < 1.29 is 9.90 Å². The average molecular weight is 358 g/mol. The molecule has 4 aliphatic rings. The van der Waals surface area contributed by atoms with Crippen molar-refractivity contribution in [1.82, 2.24) is 4.90 Å². The molecule has 3 heteroatoms. The number of amides is 1. The van der Waals surface area contributed by atoms with Gasteiger partial charge in [-0.3, -0.25) is 4.79 Å². The van der Waals surface area contributed by atoms with Crippen LogP contribution in [0, 0.1) is 40.4 Å². The minimum Gasteiger partial charge on any atom is -0.388 e. The molecular formula is C23H35NO2. The Balaban J connectivity index is 1.63. The Kier molecular flexibility index (Phi) is 4.23. The highest BCUT2D eigenvalue weighted by molar-refractivity contribution is 5.77. The van der Waals surface area contributed by atoms with Gasteiger partial charge in [0.05, 0.1) is 5.60 Å². The average Bonchev–Trinajstić information content (AvgIpc) is 2.88. The topological polar surface area (TPSA) is 40.5 Å². The Bertz CT molecular complexity index is 663. The number of aliphatic hydroxyl groups is 1. The van der Waals surface area contributed by atoms with Crippen LogP contribution in [0.1, 0.15) is 78.6 Å². The molecule has 144 valence electrons. The fourth-order valence-electron chi connectivity index (χ4n) is 7.79. The van der Waals surface area contributed by atoms with Crippen LogP contribution >= 0.6 is 0 Å². The number of carbonyl (C=O) groups is 1. The van der Waals surface area contributed by atoms with Crippen molar-refractivity contribution in [2.75, 3.05) is 7.05 Å². The van der Waals surface area contributed by atoms with Gasteiger partial charge in [-0.2, -0.15) is 0 Å². The highest BCUT2D eigenvalue weighted by Crippen LogP contribution is 2.67. The lowest BCUT2D eigenvalue weighted by Gasteiger charge is -2.62. The van der Waals surface area contributed by atoms with Crippen LogP contribution in [0.5, 0.6) is 0 Å². The number of likely N-dealkylation sites (tertiary alicyclic amines) is 1. The van der Waals surface area contributed by atoms with Gasteiger partial charge in [0.1, 0.15) is 0 Å². The zero-order valence-corrected chi connectivity index (χ0v) is 17.0. The highest BCUT2D eigenvalue weighted by Gasteiger charge is 2.64. The molecule has 1 heterocycles. The maximum absolute atomic E-state index is 12.3. The molecule has 1 aliphatic heterocycles. The number of hydrogen-bond acceptors (Lipinski definition) is 2. The monoisotopic (exact) mass is 357 g/mol. The van der Waals surface area contributed by atoms with Crippen LogP contribution in [0.3, 0.4) is 0 Å². The Morgan fingerprint density at radius 3 is 2.58 bits per heavy atom. The third kappa shape index (κ3) is 2.27. The SMILES string of the molecule is CC#CCC1(O)CC[C@H]2[C@@H]3CCC4N(C)C(=O)CC[C@]4(C)[C@@H]3CC[C@@]21C.